The van der Waals surface area contributed by atoms with Gasteiger partial charge in [0.25, 0.3) is 0 Å². The van der Waals surface area contributed by atoms with Gasteiger partial charge in [-0.1, -0.05) is 0 Å². The van der Waals surface area contributed by atoms with Gasteiger partial charge in [-0.25, -0.2) is 8.42 Å². The number of ether oxygens (including phenoxy) is 1. The molecule has 1 aromatic carbocycles. The minimum atomic E-state index is -3.55. The molecule has 2 saturated heterocycles. The monoisotopic (exact) mass is 403 g/mol. The zero-order chi connectivity index (χ0) is 17.9. The Morgan fingerprint density at radius 2 is 1.85 bits per heavy atom. The summed E-state index contributed by atoms with van der Waals surface area (Å²) in [5.41, 5.74) is 0. The number of carbonyl (C=O) groups excluding carboxylic acids is 1. The molecule has 146 valence electrons. The Balaban J connectivity index is 0.00000243. The van der Waals surface area contributed by atoms with Crippen molar-refractivity contribution in [3.8, 4) is 5.75 Å². The number of sulfonamides is 1. The van der Waals surface area contributed by atoms with Gasteiger partial charge in [-0.2, -0.15) is 4.31 Å². The van der Waals surface area contributed by atoms with Crippen LogP contribution in [-0.2, 0) is 14.8 Å². The summed E-state index contributed by atoms with van der Waals surface area (Å²) in [5.74, 6) is 0.719. The number of halogens is 1. The van der Waals surface area contributed by atoms with Gasteiger partial charge >= 0.3 is 0 Å². The van der Waals surface area contributed by atoms with Crippen molar-refractivity contribution in [1.29, 1.82) is 0 Å². The Hall–Kier alpha value is -1.35. The Morgan fingerprint density at radius 3 is 2.46 bits per heavy atom. The molecule has 2 fully saturated rings. The van der Waals surface area contributed by atoms with Crippen LogP contribution in [0.3, 0.4) is 0 Å². The van der Waals surface area contributed by atoms with Gasteiger partial charge in [0.15, 0.2) is 0 Å². The number of amides is 1. The van der Waals surface area contributed by atoms with E-state index in [-0.39, 0.29) is 29.3 Å². The highest BCUT2D eigenvalue weighted by molar-refractivity contribution is 7.89. The minimum Gasteiger partial charge on any atom is -0.497 e. The smallest absolute Gasteiger partial charge is 0.243 e. The zero-order valence-electron chi connectivity index (χ0n) is 14.9. The number of rotatable bonds is 4. The Labute approximate surface area is 161 Å². The second kappa shape index (κ2) is 9.03. The average Bonchev–Trinajstić information content (AvgIpc) is 3.05. The highest BCUT2D eigenvalue weighted by Gasteiger charge is 2.31. The summed E-state index contributed by atoms with van der Waals surface area (Å²) >= 11 is 0. The normalized spacial score (nSPS) is 21.7. The average molecular weight is 404 g/mol. The van der Waals surface area contributed by atoms with Crippen LogP contribution in [0.1, 0.15) is 19.3 Å². The summed E-state index contributed by atoms with van der Waals surface area (Å²) in [7, 11) is -2.01. The van der Waals surface area contributed by atoms with Gasteiger partial charge in [-0.05, 0) is 50.1 Å². The molecule has 0 aliphatic carbocycles. The largest absolute Gasteiger partial charge is 0.497 e. The van der Waals surface area contributed by atoms with E-state index in [0.29, 0.717) is 38.3 Å². The van der Waals surface area contributed by atoms with Crippen LogP contribution in [0.15, 0.2) is 29.2 Å². The first-order chi connectivity index (χ1) is 12.0. The van der Waals surface area contributed by atoms with Crippen LogP contribution >= 0.6 is 12.4 Å². The molecule has 26 heavy (non-hydrogen) atoms. The lowest BCUT2D eigenvalue weighted by Crippen LogP contribution is -2.45. The molecule has 2 aliphatic rings. The number of hydrogen-bond donors (Lipinski definition) is 1. The second-order valence-corrected chi connectivity index (χ2v) is 8.35. The predicted molar refractivity (Wildman–Crippen MR) is 101 cm³/mol. The molecule has 0 spiro atoms. The van der Waals surface area contributed by atoms with Crippen molar-refractivity contribution in [2.75, 3.05) is 39.8 Å². The molecule has 1 amide bonds. The van der Waals surface area contributed by atoms with E-state index in [4.69, 9.17) is 4.74 Å². The summed E-state index contributed by atoms with van der Waals surface area (Å²) in [6, 6.07) is 6.30. The fraction of sp³-hybridized carbons (Fsp3) is 0.588. The van der Waals surface area contributed by atoms with Crippen molar-refractivity contribution < 1.29 is 17.9 Å². The summed E-state index contributed by atoms with van der Waals surface area (Å²) < 4.78 is 32.2. The standard InChI is InChI=1S/C17H25N3O4S.ClH/c1-24-14-5-7-15(8-6-14)25(22,23)20-11-3-10-19(12-13-20)17(21)16-4-2-9-18-16;/h5-8,16,18H,2-4,9-13H2,1H3;1H. The quantitative estimate of drug-likeness (QED) is 0.814. The number of benzene rings is 1. The number of carbonyl (C=O) groups is 1. The molecule has 0 bridgehead atoms. The summed E-state index contributed by atoms with van der Waals surface area (Å²) in [6.45, 7) is 2.67. The topological polar surface area (TPSA) is 79.0 Å². The SMILES string of the molecule is COc1ccc(S(=O)(=O)N2CCCN(C(=O)C3CCCN3)CC2)cc1.Cl. The summed E-state index contributed by atoms with van der Waals surface area (Å²) in [6.07, 6.45) is 2.53. The minimum absolute atomic E-state index is 0. The number of nitrogens with one attached hydrogen (secondary N) is 1. The van der Waals surface area contributed by atoms with Crippen molar-refractivity contribution in [2.45, 2.75) is 30.2 Å². The maximum absolute atomic E-state index is 12.8. The molecule has 2 heterocycles. The van der Waals surface area contributed by atoms with Crippen LogP contribution < -0.4 is 10.1 Å². The number of nitrogens with zero attached hydrogens (tertiary/aromatic N) is 2. The van der Waals surface area contributed by atoms with Crippen molar-refractivity contribution in [3.63, 3.8) is 0 Å². The van der Waals surface area contributed by atoms with Crippen LogP contribution in [0, 0.1) is 0 Å². The van der Waals surface area contributed by atoms with Gasteiger partial charge in [-0.15, -0.1) is 12.4 Å². The fourth-order valence-corrected chi connectivity index (χ4v) is 4.84. The van der Waals surface area contributed by atoms with Crippen molar-refractivity contribution >= 4 is 28.3 Å². The first-order valence-corrected chi connectivity index (χ1v) is 10.1. The molecule has 0 radical (unpaired) electrons. The highest BCUT2D eigenvalue weighted by atomic mass is 35.5. The number of hydrogen-bond acceptors (Lipinski definition) is 5. The molecule has 0 aromatic heterocycles. The lowest BCUT2D eigenvalue weighted by atomic mass is 10.2. The van der Waals surface area contributed by atoms with Gasteiger partial charge in [0.2, 0.25) is 15.9 Å². The fourth-order valence-electron chi connectivity index (χ4n) is 3.37. The van der Waals surface area contributed by atoms with Crippen LogP contribution in [0.25, 0.3) is 0 Å². The third-order valence-electron chi connectivity index (χ3n) is 4.82. The van der Waals surface area contributed by atoms with E-state index in [1.165, 1.54) is 4.31 Å². The van der Waals surface area contributed by atoms with Gasteiger partial charge in [0, 0.05) is 26.2 Å². The van der Waals surface area contributed by atoms with E-state index in [1.807, 2.05) is 0 Å². The molecule has 1 aromatic rings. The predicted octanol–water partition coefficient (Wildman–Crippen LogP) is 1.09. The maximum atomic E-state index is 12.8. The lowest BCUT2D eigenvalue weighted by Gasteiger charge is -2.24. The molecular weight excluding hydrogens is 378 g/mol. The third kappa shape index (κ3) is 4.49. The van der Waals surface area contributed by atoms with Crippen LogP contribution in [0.5, 0.6) is 5.75 Å². The molecule has 1 atom stereocenters. The Morgan fingerprint density at radius 1 is 1.12 bits per heavy atom. The van der Waals surface area contributed by atoms with Crippen LogP contribution in [-0.4, -0.2) is 69.4 Å². The van der Waals surface area contributed by atoms with Crippen molar-refractivity contribution in [1.82, 2.24) is 14.5 Å². The van der Waals surface area contributed by atoms with Gasteiger partial charge in [0.1, 0.15) is 5.75 Å². The van der Waals surface area contributed by atoms with E-state index in [1.54, 1.807) is 36.3 Å². The third-order valence-corrected chi connectivity index (χ3v) is 6.74. The highest BCUT2D eigenvalue weighted by Crippen LogP contribution is 2.21. The van der Waals surface area contributed by atoms with E-state index < -0.39 is 10.0 Å². The first kappa shape index (κ1) is 21.0. The van der Waals surface area contributed by atoms with E-state index in [2.05, 4.69) is 5.32 Å². The van der Waals surface area contributed by atoms with E-state index in [9.17, 15) is 13.2 Å². The molecule has 1 unspecified atom stereocenters. The van der Waals surface area contributed by atoms with E-state index in [0.717, 1.165) is 19.4 Å². The molecule has 9 heteroatoms. The van der Waals surface area contributed by atoms with Crippen molar-refractivity contribution in [2.24, 2.45) is 0 Å². The lowest BCUT2D eigenvalue weighted by molar-refractivity contribution is -0.132. The maximum Gasteiger partial charge on any atom is 0.243 e. The first-order valence-electron chi connectivity index (χ1n) is 8.69. The van der Waals surface area contributed by atoms with Gasteiger partial charge in [0.05, 0.1) is 18.0 Å². The molecule has 2 aliphatic heterocycles. The van der Waals surface area contributed by atoms with Crippen LogP contribution in [0.2, 0.25) is 0 Å². The number of methoxy groups -OCH3 is 1. The molecule has 7 nitrogen and oxygen atoms in total. The second-order valence-electron chi connectivity index (χ2n) is 6.41. The van der Waals surface area contributed by atoms with E-state index >= 15 is 0 Å². The van der Waals surface area contributed by atoms with Gasteiger partial charge in [-0.3, -0.25) is 4.79 Å². The molecule has 3 rings (SSSR count). The van der Waals surface area contributed by atoms with Crippen LogP contribution in [0.4, 0.5) is 0 Å². The molecular formula is C17H26ClN3O4S. The van der Waals surface area contributed by atoms with Gasteiger partial charge < -0.3 is 15.0 Å². The molecule has 0 saturated carbocycles. The Kier molecular flexibility index (Phi) is 7.28. The zero-order valence-corrected chi connectivity index (χ0v) is 16.5. The Bertz CT molecular complexity index is 705. The molecule has 1 N–H and O–H groups in total. The van der Waals surface area contributed by atoms with Crippen molar-refractivity contribution in [3.05, 3.63) is 24.3 Å². The summed E-state index contributed by atoms with van der Waals surface area (Å²) in [4.78, 5) is 14.6. The summed E-state index contributed by atoms with van der Waals surface area (Å²) in [5, 5.41) is 3.22.